The molecule has 4 aromatic carbocycles. The van der Waals surface area contributed by atoms with Gasteiger partial charge in [-0.25, -0.2) is 4.21 Å². The first-order valence-corrected chi connectivity index (χ1v) is 15.4. The van der Waals surface area contributed by atoms with Crippen molar-refractivity contribution in [1.82, 2.24) is 0 Å². The molecular formula is C25H30O11S3. The van der Waals surface area contributed by atoms with E-state index in [1.165, 1.54) is 30.3 Å². The Bertz CT molecular complexity index is 1760. The molecule has 0 saturated carbocycles. The van der Waals surface area contributed by atoms with Crippen LogP contribution >= 0.6 is 0 Å². The Morgan fingerprint density at radius 2 is 1.28 bits per heavy atom. The zero-order chi connectivity index (χ0) is 28.6. The van der Waals surface area contributed by atoms with Crippen LogP contribution in [0, 0.1) is 5.92 Å². The number of carbonyl (C=O) groups excluding carboxylic acids is 1. The molecule has 0 heterocycles. The van der Waals surface area contributed by atoms with Crippen molar-refractivity contribution in [3.8, 4) is 5.75 Å². The first-order chi connectivity index (χ1) is 17.8. The molecule has 1 unspecified atom stereocenters. The van der Waals surface area contributed by atoms with Crippen LogP contribution in [0.25, 0.3) is 32.3 Å². The van der Waals surface area contributed by atoms with Crippen molar-refractivity contribution < 1.29 is 49.0 Å². The quantitative estimate of drug-likeness (QED) is 0.169. The van der Waals surface area contributed by atoms with Gasteiger partial charge in [-0.05, 0) is 12.1 Å². The van der Waals surface area contributed by atoms with Gasteiger partial charge in [-0.1, -0.05) is 45.9 Å². The number of ether oxygens (including phenoxy) is 1. The lowest BCUT2D eigenvalue weighted by atomic mass is 9.93. The molecule has 14 heteroatoms. The zero-order valence-corrected chi connectivity index (χ0v) is 24.5. The fourth-order valence-electron chi connectivity index (χ4n) is 4.04. The highest BCUT2D eigenvalue weighted by molar-refractivity contribution is 7.87. The summed E-state index contributed by atoms with van der Waals surface area (Å²) in [5, 5.41) is 1.40. The van der Waals surface area contributed by atoms with Crippen LogP contribution in [0.1, 0.15) is 27.7 Å². The van der Waals surface area contributed by atoms with Gasteiger partial charge in [0.05, 0.1) is 19.1 Å². The Morgan fingerprint density at radius 1 is 0.846 bits per heavy atom. The fourth-order valence-corrected chi connectivity index (χ4v) is 6.44. The van der Waals surface area contributed by atoms with E-state index < -0.39 is 31.3 Å². The predicted molar refractivity (Wildman–Crippen MR) is 148 cm³/mol. The van der Waals surface area contributed by atoms with Gasteiger partial charge in [0.25, 0.3) is 20.2 Å². The molecule has 0 bridgehead atoms. The molecule has 0 spiro atoms. The third-order valence-electron chi connectivity index (χ3n) is 5.93. The molecule has 0 aliphatic rings. The van der Waals surface area contributed by atoms with Crippen LogP contribution in [0.5, 0.6) is 5.75 Å². The summed E-state index contributed by atoms with van der Waals surface area (Å²) >= 11 is -2.59. The van der Waals surface area contributed by atoms with Gasteiger partial charge in [-0.3, -0.25) is 13.2 Å². The second kappa shape index (κ2) is 12.2. The first kappa shape index (κ1) is 32.5. The lowest BCUT2D eigenvalue weighted by molar-refractivity contribution is -0.123. The molecule has 0 radical (unpaired) electrons. The van der Waals surface area contributed by atoms with Gasteiger partial charge in [0.1, 0.15) is 22.1 Å². The summed E-state index contributed by atoms with van der Waals surface area (Å²) in [5.41, 5.74) is 0. The average molecular weight is 603 g/mol. The number of Topliss-reactive ketones (excluding diaryl/α,β-unsaturated/α-hetero) is 1. The highest BCUT2D eigenvalue weighted by Gasteiger charge is 2.28. The molecule has 0 aliphatic heterocycles. The van der Waals surface area contributed by atoms with Crippen LogP contribution in [-0.4, -0.2) is 57.7 Å². The van der Waals surface area contributed by atoms with Crippen LogP contribution in [-0.2, 0) is 44.5 Å². The van der Waals surface area contributed by atoms with Gasteiger partial charge < -0.3 is 14.8 Å². The molecular weight excluding hydrogens is 572 g/mol. The summed E-state index contributed by atoms with van der Waals surface area (Å²) in [4.78, 5) is 11.4. The average Bonchev–Trinajstić information content (AvgIpc) is 2.90. The second-order valence-electron chi connectivity index (χ2n) is 8.22. The van der Waals surface area contributed by atoms with Gasteiger partial charge in [-0.15, -0.1) is 0 Å². The third kappa shape index (κ3) is 5.77. The SMILES string of the molecule is CC.COS(=O)(=O)c1cc(OCC(=O)C(C)C)c2ccc3c(S(=O)(=O)OC)cc(S(=O)O)c4ccc1c2c43.O. The number of benzene rings is 4. The van der Waals surface area contributed by atoms with Crippen molar-refractivity contribution in [1.29, 1.82) is 0 Å². The van der Waals surface area contributed by atoms with E-state index in [-0.39, 0.29) is 71.2 Å². The van der Waals surface area contributed by atoms with Gasteiger partial charge in [0.15, 0.2) is 16.9 Å². The highest BCUT2D eigenvalue weighted by Crippen LogP contribution is 2.45. The van der Waals surface area contributed by atoms with E-state index in [0.717, 1.165) is 20.3 Å². The highest BCUT2D eigenvalue weighted by atomic mass is 32.2. The standard InChI is InChI=1S/C23H22O10S3.C2H6.H2O/c1-12(2)17(24)11-33-18-9-20(35(27,28)31-3)15-8-6-14-19(34(25)26)10-21(36(29,30)32-4)16-7-5-13(18)22(15)23(14)16;1-2;/h5-10,12H,11H2,1-4H3,(H,25,26);1-2H3;1H2. The van der Waals surface area contributed by atoms with Crippen LogP contribution in [0.4, 0.5) is 0 Å². The predicted octanol–water partition coefficient (Wildman–Crippen LogP) is 3.64. The summed E-state index contributed by atoms with van der Waals surface area (Å²) in [7, 11) is -6.66. The molecule has 214 valence electrons. The Balaban J connectivity index is 0.00000174. The number of carbonyl (C=O) groups is 1. The maximum absolute atomic E-state index is 12.8. The summed E-state index contributed by atoms with van der Waals surface area (Å²) in [5.74, 6) is -0.493. The van der Waals surface area contributed by atoms with E-state index in [4.69, 9.17) is 8.92 Å². The van der Waals surface area contributed by atoms with Crippen LogP contribution in [0.3, 0.4) is 0 Å². The monoisotopic (exact) mass is 602 g/mol. The lowest BCUT2D eigenvalue weighted by Crippen LogP contribution is -2.17. The molecule has 4 rings (SSSR count). The van der Waals surface area contributed by atoms with E-state index in [2.05, 4.69) is 4.18 Å². The smallest absolute Gasteiger partial charge is 0.297 e. The van der Waals surface area contributed by atoms with Gasteiger partial charge >= 0.3 is 0 Å². The lowest BCUT2D eigenvalue weighted by Gasteiger charge is -2.19. The summed E-state index contributed by atoms with van der Waals surface area (Å²) in [6.45, 7) is 7.07. The Hall–Kier alpha value is -2.72. The largest absolute Gasteiger partial charge is 0.485 e. The van der Waals surface area contributed by atoms with Gasteiger partial charge in [0.2, 0.25) is 0 Å². The van der Waals surface area contributed by atoms with E-state index in [0.29, 0.717) is 5.39 Å². The molecule has 0 saturated heterocycles. The van der Waals surface area contributed by atoms with Crippen molar-refractivity contribution in [2.75, 3.05) is 20.8 Å². The molecule has 11 nitrogen and oxygen atoms in total. The minimum absolute atomic E-state index is 0. The van der Waals surface area contributed by atoms with Crippen LogP contribution < -0.4 is 4.74 Å². The molecule has 39 heavy (non-hydrogen) atoms. The van der Waals surface area contributed by atoms with E-state index in [9.17, 15) is 30.4 Å². The molecule has 4 aromatic rings. The zero-order valence-electron chi connectivity index (χ0n) is 22.1. The van der Waals surface area contributed by atoms with E-state index in [1.807, 2.05) is 13.8 Å². The normalized spacial score (nSPS) is 12.8. The van der Waals surface area contributed by atoms with E-state index in [1.54, 1.807) is 13.8 Å². The summed E-state index contributed by atoms with van der Waals surface area (Å²) in [6.07, 6.45) is 0. The molecule has 0 amide bonds. The number of hydrogen-bond donors (Lipinski definition) is 1. The van der Waals surface area contributed by atoms with Gasteiger partial charge in [-0.2, -0.15) is 16.8 Å². The topological polar surface area (TPSA) is 182 Å². The minimum atomic E-state index is -4.33. The number of hydrogen-bond acceptors (Lipinski definition) is 9. The molecule has 0 fully saturated rings. The molecule has 1 atom stereocenters. The number of ketones is 1. The Morgan fingerprint density at radius 3 is 1.74 bits per heavy atom. The van der Waals surface area contributed by atoms with Crippen molar-refractivity contribution >= 4 is 69.4 Å². The van der Waals surface area contributed by atoms with Crippen LogP contribution in [0.15, 0.2) is 51.1 Å². The van der Waals surface area contributed by atoms with Gasteiger partial charge in [0, 0.05) is 44.3 Å². The minimum Gasteiger partial charge on any atom is -0.485 e. The van der Waals surface area contributed by atoms with E-state index >= 15 is 0 Å². The Labute approximate surface area is 229 Å². The molecule has 0 aliphatic carbocycles. The third-order valence-corrected chi connectivity index (χ3v) is 9.27. The van der Waals surface area contributed by atoms with Crippen molar-refractivity contribution in [2.45, 2.75) is 42.4 Å². The number of rotatable bonds is 9. The fraction of sp³-hybridized carbons (Fsp3) is 0.320. The maximum atomic E-state index is 12.8. The summed E-state index contributed by atoms with van der Waals surface area (Å²) in [6, 6.07) is 8.19. The summed E-state index contributed by atoms with van der Waals surface area (Å²) < 4.78 is 88.4. The maximum Gasteiger partial charge on any atom is 0.297 e. The first-order valence-electron chi connectivity index (χ1n) is 11.5. The van der Waals surface area contributed by atoms with Crippen LogP contribution in [0.2, 0.25) is 0 Å². The Kier molecular flexibility index (Phi) is 10.2. The molecule has 3 N–H and O–H groups in total. The van der Waals surface area contributed by atoms with Crippen molar-refractivity contribution in [3.63, 3.8) is 0 Å². The van der Waals surface area contributed by atoms with Crippen molar-refractivity contribution in [2.24, 2.45) is 5.92 Å². The molecule has 0 aromatic heterocycles. The second-order valence-corrected chi connectivity index (χ2v) is 12.5. The van der Waals surface area contributed by atoms with Crippen molar-refractivity contribution in [3.05, 3.63) is 36.4 Å².